The molecule has 2 aliphatic heterocycles. The van der Waals surface area contributed by atoms with Crippen molar-refractivity contribution in [2.45, 2.75) is 114 Å². The van der Waals surface area contributed by atoms with Crippen molar-refractivity contribution >= 4 is 33.8 Å². The van der Waals surface area contributed by atoms with Crippen LogP contribution in [-0.2, 0) is 24.4 Å². The molecule has 60 heavy (non-hydrogen) atoms. The van der Waals surface area contributed by atoms with Crippen LogP contribution < -0.4 is 24.8 Å². The highest BCUT2D eigenvalue weighted by Crippen LogP contribution is 2.47. The minimum absolute atomic E-state index is 0.0113. The zero-order valence-electron chi connectivity index (χ0n) is 34.5. The normalized spacial score (nSPS) is 28.2. The van der Waals surface area contributed by atoms with Gasteiger partial charge in [0.1, 0.15) is 40.9 Å². The van der Waals surface area contributed by atoms with Crippen LogP contribution >= 0.6 is 0 Å². The number of nitrogens with zero attached hydrogens (tertiary/aromatic N) is 4. The Morgan fingerprint density at radius 1 is 1.02 bits per heavy atom. The van der Waals surface area contributed by atoms with Gasteiger partial charge in [-0.15, -0.1) is 0 Å². The van der Waals surface area contributed by atoms with E-state index in [4.69, 9.17) is 14.5 Å². The number of hydrogen-bond acceptors (Lipinski definition) is 11. The van der Waals surface area contributed by atoms with Crippen LogP contribution in [0.25, 0.3) is 22.6 Å². The van der Waals surface area contributed by atoms with E-state index in [2.05, 4.69) is 25.3 Å². The molecule has 16 nitrogen and oxygen atoms in total. The quantitative estimate of drug-likeness (QED) is 0.201. The van der Waals surface area contributed by atoms with E-state index in [0.717, 1.165) is 12.0 Å². The lowest BCUT2D eigenvalue weighted by Crippen LogP contribution is -2.59. The maximum atomic E-state index is 14.6. The summed E-state index contributed by atoms with van der Waals surface area (Å²) in [6, 6.07) is 8.50. The van der Waals surface area contributed by atoms with Gasteiger partial charge < -0.3 is 30.1 Å². The summed E-state index contributed by atoms with van der Waals surface area (Å²) in [6.07, 6.45) is 9.15. The third kappa shape index (κ3) is 9.25. The number of pyridine rings is 1. The molecule has 4 heterocycles. The maximum absolute atomic E-state index is 14.6. The zero-order chi connectivity index (χ0) is 43.0. The SMILES string of the molecule is CC(C)Oc1ccc(-c2cc(O[C@@H]3C[C@H]4C(=O)N[C@]5(C(=O)NS(=O)(=O)C6(C)CC6)C[C@H]5/C=C\CC[C@@H](C)C[C@@H](C)[C@H](NC(=O)O)C(=O)N4C3)cc(-c3cnccn3)n2)cc1. The van der Waals surface area contributed by atoms with Crippen molar-refractivity contribution in [2.24, 2.45) is 17.8 Å². The number of benzene rings is 1. The van der Waals surface area contributed by atoms with Gasteiger partial charge in [-0.1, -0.05) is 26.0 Å². The number of hydrogen-bond donors (Lipinski definition) is 4. The minimum atomic E-state index is -4.03. The van der Waals surface area contributed by atoms with Crippen LogP contribution in [-0.4, -0.2) is 98.3 Å². The molecule has 7 rings (SSSR count). The van der Waals surface area contributed by atoms with Gasteiger partial charge >= 0.3 is 6.09 Å². The number of carbonyl (C=O) groups excluding carboxylic acids is 3. The van der Waals surface area contributed by atoms with Crippen LogP contribution in [0.5, 0.6) is 11.5 Å². The zero-order valence-corrected chi connectivity index (χ0v) is 35.3. The number of fused-ring (bicyclic) bond motifs is 2. The first-order valence-corrected chi connectivity index (χ1v) is 22.0. The smallest absolute Gasteiger partial charge is 0.405 e. The molecular formula is C43H53N7O9S. The van der Waals surface area contributed by atoms with Crippen molar-refractivity contribution in [2.75, 3.05) is 6.54 Å². The predicted octanol–water partition coefficient (Wildman–Crippen LogP) is 4.86. The first-order chi connectivity index (χ1) is 28.5. The van der Waals surface area contributed by atoms with E-state index >= 15 is 0 Å². The lowest BCUT2D eigenvalue weighted by molar-refractivity contribution is -0.142. The fraction of sp³-hybridized carbons (Fsp3) is 0.512. The molecular weight excluding hydrogens is 791 g/mol. The second-order valence-electron chi connectivity index (χ2n) is 17.2. The molecule has 1 saturated heterocycles. The third-order valence-electron chi connectivity index (χ3n) is 12.0. The number of allylic oxidation sites excluding steroid dienone is 1. The summed E-state index contributed by atoms with van der Waals surface area (Å²) in [5, 5.41) is 15.2. The van der Waals surface area contributed by atoms with Crippen molar-refractivity contribution in [1.29, 1.82) is 0 Å². The van der Waals surface area contributed by atoms with Crippen molar-refractivity contribution in [3.05, 3.63) is 67.1 Å². The Morgan fingerprint density at radius 2 is 1.75 bits per heavy atom. The summed E-state index contributed by atoms with van der Waals surface area (Å²) in [4.78, 5) is 70.0. The van der Waals surface area contributed by atoms with Gasteiger partial charge in [-0.05, 0) is 95.4 Å². The van der Waals surface area contributed by atoms with Crippen molar-refractivity contribution in [3.8, 4) is 34.1 Å². The van der Waals surface area contributed by atoms with E-state index in [0.29, 0.717) is 54.3 Å². The Kier molecular flexibility index (Phi) is 11.9. The summed E-state index contributed by atoms with van der Waals surface area (Å²) in [5.74, 6) is -1.87. The van der Waals surface area contributed by atoms with Crippen molar-refractivity contribution in [1.82, 2.24) is 35.2 Å². The van der Waals surface area contributed by atoms with E-state index in [9.17, 15) is 32.7 Å². The number of nitrogens with one attached hydrogen (secondary N) is 3. The number of sulfonamides is 1. The molecule has 4 N–H and O–H groups in total. The molecule has 3 aromatic rings. The van der Waals surface area contributed by atoms with E-state index in [1.54, 1.807) is 37.6 Å². The summed E-state index contributed by atoms with van der Waals surface area (Å²) in [5.41, 5.74) is 0.686. The van der Waals surface area contributed by atoms with Crippen LogP contribution in [0.2, 0.25) is 0 Å². The molecule has 3 fully saturated rings. The molecule has 1 aromatic carbocycles. The van der Waals surface area contributed by atoms with Crippen LogP contribution in [0.15, 0.2) is 67.1 Å². The highest BCUT2D eigenvalue weighted by atomic mass is 32.2. The molecule has 2 aromatic heterocycles. The van der Waals surface area contributed by atoms with Gasteiger partial charge in [-0.25, -0.2) is 18.2 Å². The Balaban J connectivity index is 1.23. The van der Waals surface area contributed by atoms with Crippen LogP contribution in [0.4, 0.5) is 4.79 Å². The molecule has 320 valence electrons. The van der Waals surface area contributed by atoms with E-state index in [1.165, 1.54) is 4.90 Å². The number of ether oxygens (including phenoxy) is 2. The van der Waals surface area contributed by atoms with Crippen molar-refractivity contribution in [3.63, 3.8) is 0 Å². The van der Waals surface area contributed by atoms with E-state index in [-0.39, 0.29) is 31.4 Å². The first-order valence-electron chi connectivity index (χ1n) is 20.5. The fourth-order valence-electron chi connectivity index (χ4n) is 8.18. The minimum Gasteiger partial charge on any atom is -0.491 e. The highest BCUT2D eigenvalue weighted by molar-refractivity contribution is 7.91. The lowest BCUT2D eigenvalue weighted by atomic mass is 9.88. The Bertz CT molecular complexity index is 2250. The number of aromatic nitrogens is 3. The number of carboxylic acid groups (broad SMARTS) is 1. The monoisotopic (exact) mass is 843 g/mol. The summed E-state index contributed by atoms with van der Waals surface area (Å²) in [7, 11) is -4.03. The van der Waals surface area contributed by atoms with Gasteiger partial charge in [0.05, 0.1) is 35.0 Å². The molecule has 4 amide bonds. The summed E-state index contributed by atoms with van der Waals surface area (Å²) >= 11 is 0. The second-order valence-corrected chi connectivity index (χ2v) is 19.4. The van der Waals surface area contributed by atoms with Gasteiger partial charge in [-0.2, -0.15) is 0 Å². The Morgan fingerprint density at radius 3 is 2.42 bits per heavy atom. The molecule has 7 atom stereocenters. The molecule has 0 bridgehead atoms. The first kappa shape index (κ1) is 42.5. The average Bonchev–Trinajstić information content (AvgIpc) is 4.08. The van der Waals surface area contributed by atoms with Crippen LogP contribution in [0.3, 0.4) is 0 Å². The Labute approximate surface area is 350 Å². The molecule has 2 aliphatic carbocycles. The van der Waals surface area contributed by atoms with Gasteiger partial charge in [0, 0.05) is 42.4 Å². The topological polar surface area (TPSA) is 219 Å². The van der Waals surface area contributed by atoms with Gasteiger partial charge in [0.2, 0.25) is 21.8 Å². The highest BCUT2D eigenvalue weighted by Gasteiger charge is 2.63. The molecule has 0 radical (unpaired) electrons. The largest absolute Gasteiger partial charge is 0.491 e. The van der Waals surface area contributed by atoms with E-state index < -0.39 is 74.1 Å². The maximum Gasteiger partial charge on any atom is 0.405 e. The summed E-state index contributed by atoms with van der Waals surface area (Å²) in [6.45, 7) is 9.21. The Hall–Kier alpha value is -5.58. The predicted molar refractivity (Wildman–Crippen MR) is 221 cm³/mol. The second kappa shape index (κ2) is 16.8. The number of amides is 4. The van der Waals surface area contributed by atoms with Crippen LogP contribution in [0, 0.1) is 17.8 Å². The number of carbonyl (C=O) groups is 4. The van der Waals surface area contributed by atoms with E-state index in [1.807, 2.05) is 64.1 Å². The molecule has 4 aliphatic rings. The third-order valence-corrected chi connectivity index (χ3v) is 14.1. The van der Waals surface area contributed by atoms with Gasteiger partial charge in [0.15, 0.2) is 0 Å². The molecule has 2 saturated carbocycles. The van der Waals surface area contributed by atoms with Crippen LogP contribution in [0.1, 0.15) is 79.6 Å². The van der Waals surface area contributed by atoms with Crippen molar-refractivity contribution < 1.29 is 42.2 Å². The summed E-state index contributed by atoms with van der Waals surface area (Å²) < 4.78 is 40.1. The molecule has 0 unspecified atom stereocenters. The lowest BCUT2D eigenvalue weighted by Gasteiger charge is -2.32. The standard InChI is InChI=1S/C43H53N7O9S/c1-25(2)58-30-12-10-28(11-13-30)33-19-31(20-34(46-33)35-23-44-16-17-45-35)59-32-21-36-38(51)48-43(40(53)49-60(56,57)42(5)14-15-42)22-29(43)9-7-6-8-26(3)18-27(4)37(47-41(54)55)39(52)50(36)24-32/h7,9-13,16-17,19-20,23,25-27,29,32,36-37,47H,6,8,14-15,18,21-22,24H2,1-5H3,(H,48,51)(H,49,53)(H,54,55)/b9-7-/t26-,27-,29-,32-,36+,37+,43-/m1/s1. The van der Waals surface area contributed by atoms with Gasteiger partial charge in [0.25, 0.3) is 5.91 Å². The molecule has 17 heteroatoms. The molecule has 0 spiro atoms. The van der Waals surface area contributed by atoms with Gasteiger partial charge in [-0.3, -0.25) is 29.1 Å². The number of rotatable bonds is 10. The fourth-order valence-corrected chi connectivity index (χ4v) is 9.49. The average molecular weight is 844 g/mol.